The third kappa shape index (κ3) is 2.79. The van der Waals surface area contributed by atoms with Gasteiger partial charge in [0.05, 0.1) is 30.2 Å². The Balaban J connectivity index is 2.17. The number of methoxy groups -OCH3 is 1. The van der Waals surface area contributed by atoms with Crippen molar-refractivity contribution < 1.29 is 9.47 Å². The molecule has 18 heavy (non-hydrogen) atoms. The Morgan fingerprint density at radius 3 is 2.72 bits per heavy atom. The lowest BCUT2D eigenvalue weighted by molar-refractivity contribution is 0.373. The number of hydrogen-bond donors (Lipinski definition) is 0. The molecule has 7 heteroatoms. The van der Waals surface area contributed by atoms with Crippen molar-refractivity contribution in [2.45, 2.75) is 19.9 Å². The summed E-state index contributed by atoms with van der Waals surface area (Å²) in [6.45, 7) is 4.08. The van der Waals surface area contributed by atoms with Crippen LogP contribution in [0.1, 0.15) is 19.9 Å². The Morgan fingerprint density at radius 1 is 1.33 bits per heavy atom. The standard InChI is InChI=1S/C11H13BrN4O2/c1-7(2)16-6-8(4-14-16)18-11-13-5-9(12)10(15-11)17-3/h4-7H,1-3H3. The van der Waals surface area contributed by atoms with E-state index in [9.17, 15) is 0 Å². The van der Waals surface area contributed by atoms with Crippen molar-refractivity contribution in [3.63, 3.8) is 0 Å². The zero-order valence-corrected chi connectivity index (χ0v) is 11.9. The minimum atomic E-state index is 0.221. The summed E-state index contributed by atoms with van der Waals surface area (Å²) in [4.78, 5) is 8.14. The summed E-state index contributed by atoms with van der Waals surface area (Å²) in [7, 11) is 1.54. The molecule has 2 aromatic heterocycles. The molecule has 0 aliphatic rings. The molecule has 2 rings (SSSR count). The molecule has 2 heterocycles. The highest BCUT2D eigenvalue weighted by Gasteiger charge is 2.09. The molecular formula is C11H13BrN4O2. The fourth-order valence-electron chi connectivity index (χ4n) is 1.29. The highest BCUT2D eigenvalue weighted by molar-refractivity contribution is 9.10. The van der Waals surface area contributed by atoms with Gasteiger partial charge in [-0.15, -0.1) is 0 Å². The summed E-state index contributed by atoms with van der Waals surface area (Å²) in [5.74, 6) is 1.02. The van der Waals surface area contributed by atoms with Gasteiger partial charge in [-0.05, 0) is 29.8 Å². The van der Waals surface area contributed by atoms with Gasteiger partial charge < -0.3 is 9.47 Å². The van der Waals surface area contributed by atoms with E-state index < -0.39 is 0 Å². The fraction of sp³-hybridized carbons (Fsp3) is 0.364. The summed E-state index contributed by atoms with van der Waals surface area (Å²) < 4.78 is 13.0. The Kier molecular flexibility index (Phi) is 3.81. The number of rotatable bonds is 4. The maximum atomic E-state index is 5.50. The smallest absolute Gasteiger partial charge is 0.325 e. The van der Waals surface area contributed by atoms with Crippen LogP contribution in [0.5, 0.6) is 17.6 Å². The van der Waals surface area contributed by atoms with Crippen LogP contribution < -0.4 is 9.47 Å². The maximum Gasteiger partial charge on any atom is 0.325 e. The Morgan fingerprint density at radius 2 is 2.11 bits per heavy atom. The first-order valence-electron chi connectivity index (χ1n) is 5.38. The molecule has 6 nitrogen and oxygen atoms in total. The average Bonchev–Trinajstić information content (AvgIpc) is 2.80. The van der Waals surface area contributed by atoms with Crippen LogP contribution in [0.2, 0.25) is 0 Å². The summed E-state index contributed by atoms with van der Waals surface area (Å²) >= 11 is 3.28. The van der Waals surface area contributed by atoms with E-state index in [0.29, 0.717) is 16.1 Å². The molecule has 0 fully saturated rings. The zero-order chi connectivity index (χ0) is 13.1. The van der Waals surface area contributed by atoms with E-state index in [0.717, 1.165) is 0 Å². The molecule has 0 amide bonds. The van der Waals surface area contributed by atoms with Crippen molar-refractivity contribution in [1.29, 1.82) is 0 Å². The molecule has 0 radical (unpaired) electrons. The van der Waals surface area contributed by atoms with Crippen LogP contribution in [0.3, 0.4) is 0 Å². The summed E-state index contributed by atoms with van der Waals surface area (Å²) in [5.41, 5.74) is 0. The lowest BCUT2D eigenvalue weighted by atomic mass is 10.4. The Hall–Kier alpha value is -1.63. The molecule has 0 aromatic carbocycles. The molecular weight excluding hydrogens is 300 g/mol. The molecule has 0 aliphatic carbocycles. The minimum absolute atomic E-state index is 0.221. The maximum absolute atomic E-state index is 5.50. The van der Waals surface area contributed by atoms with Crippen molar-refractivity contribution in [1.82, 2.24) is 19.7 Å². The fourth-order valence-corrected chi connectivity index (χ4v) is 1.64. The number of nitrogens with zero attached hydrogens (tertiary/aromatic N) is 4. The van der Waals surface area contributed by atoms with Crippen molar-refractivity contribution in [2.75, 3.05) is 7.11 Å². The van der Waals surface area contributed by atoms with Crippen LogP contribution in [0.15, 0.2) is 23.1 Å². The van der Waals surface area contributed by atoms with Gasteiger partial charge in [0.25, 0.3) is 0 Å². The van der Waals surface area contributed by atoms with E-state index >= 15 is 0 Å². The topological polar surface area (TPSA) is 62.1 Å². The lowest BCUT2D eigenvalue weighted by Crippen LogP contribution is -1.99. The molecule has 0 atom stereocenters. The van der Waals surface area contributed by atoms with E-state index in [1.54, 1.807) is 23.3 Å². The van der Waals surface area contributed by atoms with Gasteiger partial charge in [-0.2, -0.15) is 10.1 Å². The van der Waals surface area contributed by atoms with Gasteiger partial charge in [0.1, 0.15) is 0 Å². The molecule has 0 bridgehead atoms. The summed E-state index contributed by atoms with van der Waals surface area (Å²) in [6.07, 6.45) is 4.99. The molecule has 0 N–H and O–H groups in total. The van der Waals surface area contributed by atoms with Gasteiger partial charge in [-0.1, -0.05) is 0 Å². The zero-order valence-electron chi connectivity index (χ0n) is 10.3. The van der Waals surface area contributed by atoms with Crippen molar-refractivity contribution in [3.05, 3.63) is 23.1 Å². The van der Waals surface area contributed by atoms with Crippen molar-refractivity contribution in [2.24, 2.45) is 0 Å². The van der Waals surface area contributed by atoms with Crippen molar-refractivity contribution in [3.8, 4) is 17.6 Å². The van der Waals surface area contributed by atoms with Crippen LogP contribution in [0.25, 0.3) is 0 Å². The van der Waals surface area contributed by atoms with Gasteiger partial charge in [-0.3, -0.25) is 4.68 Å². The monoisotopic (exact) mass is 312 g/mol. The molecule has 0 saturated heterocycles. The SMILES string of the molecule is COc1nc(Oc2cnn(C(C)C)c2)ncc1Br. The van der Waals surface area contributed by atoms with Crippen molar-refractivity contribution >= 4 is 15.9 Å². The molecule has 96 valence electrons. The van der Waals surface area contributed by atoms with E-state index in [2.05, 4.69) is 31.0 Å². The number of aromatic nitrogens is 4. The number of hydrogen-bond acceptors (Lipinski definition) is 5. The third-order valence-corrected chi connectivity index (χ3v) is 2.74. The lowest BCUT2D eigenvalue weighted by Gasteiger charge is -2.05. The minimum Gasteiger partial charge on any atom is -0.480 e. The van der Waals surface area contributed by atoms with E-state index in [1.165, 1.54) is 7.11 Å². The van der Waals surface area contributed by atoms with Crippen LogP contribution in [-0.4, -0.2) is 26.9 Å². The molecule has 2 aromatic rings. The Labute approximate surface area is 113 Å². The van der Waals surface area contributed by atoms with E-state index in [-0.39, 0.29) is 12.1 Å². The molecule has 0 saturated carbocycles. The first kappa shape index (κ1) is 12.8. The molecule has 0 spiro atoms. The highest BCUT2D eigenvalue weighted by Crippen LogP contribution is 2.25. The van der Waals surface area contributed by atoms with Crippen LogP contribution in [0, 0.1) is 0 Å². The van der Waals surface area contributed by atoms with E-state index in [1.807, 2.05) is 13.8 Å². The quantitative estimate of drug-likeness (QED) is 0.868. The van der Waals surface area contributed by atoms with Crippen LogP contribution >= 0.6 is 15.9 Å². The number of halogens is 1. The predicted molar refractivity (Wildman–Crippen MR) is 69.0 cm³/mol. The van der Waals surface area contributed by atoms with E-state index in [4.69, 9.17) is 9.47 Å². The summed E-state index contributed by atoms with van der Waals surface area (Å²) in [6, 6.07) is 0.501. The summed E-state index contributed by atoms with van der Waals surface area (Å²) in [5, 5.41) is 4.17. The normalized spacial score (nSPS) is 10.7. The average molecular weight is 313 g/mol. The first-order chi connectivity index (χ1) is 8.60. The largest absolute Gasteiger partial charge is 0.480 e. The van der Waals surface area contributed by atoms with Gasteiger partial charge >= 0.3 is 6.01 Å². The first-order valence-corrected chi connectivity index (χ1v) is 6.18. The highest BCUT2D eigenvalue weighted by atomic mass is 79.9. The van der Waals surface area contributed by atoms with Gasteiger partial charge in [-0.25, -0.2) is 4.98 Å². The second-order valence-electron chi connectivity index (χ2n) is 3.86. The number of ether oxygens (including phenoxy) is 2. The molecule has 0 aliphatic heterocycles. The second kappa shape index (κ2) is 5.34. The van der Waals surface area contributed by atoms with Crippen LogP contribution in [0.4, 0.5) is 0 Å². The third-order valence-electron chi connectivity index (χ3n) is 2.20. The second-order valence-corrected chi connectivity index (χ2v) is 4.72. The van der Waals surface area contributed by atoms with Crippen LogP contribution in [-0.2, 0) is 0 Å². The van der Waals surface area contributed by atoms with Gasteiger partial charge in [0.15, 0.2) is 5.75 Å². The predicted octanol–water partition coefficient (Wildman–Crippen LogP) is 2.82. The molecule has 0 unspecified atom stereocenters. The Bertz CT molecular complexity index is 542. The van der Waals surface area contributed by atoms with Gasteiger partial charge in [0, 0.05) is 6.04 Å². The van der Waals surface area contributed by atoms with Gasteiger partial charge in [0.2, 0.25) is 5.88 Å².